The molecule has 19 aromatic carbocycles. The third kappa shape index (κ3) is 13.3. The molecule has 0 aliphatic rings. The minimum atomic E-state index is -3.68. The lowest BCUT2D eigenvalue weighted by Gasteiger charge is -2.21. The monoisotopic (exact) mass is 1770 g/mol. The molecule has 0 aliphatic carbocycles. The number of fused-ring (bicyclic) bond motifs is 9. The van der Waals surface area contributed by atoms with Gasteiger partial charge >= 0.3 is 0 Å². The van der Waals surface area contributed by atoms with E-state index in [0.717, 1.165) is 65.4 Å². The number of benzene rings is 19. The Bertz CT molecular complexity index is 6880. The molecular formula is C114H81N3O6P6. The van der Waals surface area contributed by atoms with Crippen LogP contribution in [-0.2, 0) is 27.4 Å². The lowest BCUT2D eigenvalue weighted by molar-refractivity contribution is 0.591. The molecule has 0 atom stereocenters. The van der Waals surface area contributed by atoms with Crippen LogP contribution in [0, 0.1) is 0 Å². The largest absolute Gasteiger partial charge is 0.309 e. The molecule has 15 heteroatoms. The van der Waals surface area contributed by atoms with Gasteiger partial charge in [-0.3, -0.25) is 0 Å². The summed E-state index contributed by atoms with van der Waals surface area (Å²) in [5, 5.41) is 16.2. The fraction of sp³-hybridized carbons (Fsp3) is 0. The molecular weight excluding hydrogens is 1690 g/mol. The Hall–Kier alpha value is -14.0. The first-order valence-corrected chi connectivity index (χ1v) is 53.2. The molecule has 0 unspecified atom stereocenters. The molecule has 0 aliphatic heterocycles. The van der Waals surface area contributed by atoms with Gasteiger partial charge < -0.3 is 41.1 Å². The van der Waals surface area contributed by atoms with Crippen molar-refractivity contribution in [2.45, 2.75) is 0 Å². The van der Waals surface area contributed by atoms with Crippen LogP contribution in [0.15, 0.2) is 491 Å². The second-order valence-electron chi connectivity index (χ2n) is 32.6. The summed E-state index contributed by atoms with van der Waals surface area (Å²) in [4.78, 5) is 0. The van der Waals surface area contributed by atoms with Crippen LogP contribution < -0.4 is 95.5 Å². The molecule has 0 N–H and O–H groups in total. The Morgan fingerprint density at radius 3 is 0.333 bits per heavy atom. The zero-order chi connectivity index (χ0) is 87.1. The second kappa shape index (κ2) is 32.7. The number of nitrogens with zero attached hydrogens (tertiary/aromatic N) is 3. The van der Waals surface area contributed by atoms with Gasteiger partial charge in [0.2, 0.25) is 0 Å². The molecule has 618 valence electrons. The van der Waals surface area contributed by atoms with Crippen LogP contribution >= 0.6 is 42.9 Å². The summed E-state index contributed by atoms with van der Waals surface area (Å²) >= 11 is 0. The van der Waals surface area contributed by atoms with E-state index in [1.807, 2.05) is 400 Å². The number of hydrogen-bond acceptors (Lipinski definition) is 6. The maximum Gasteiger partial charge on any atom is 0.171 e. The number of rotatable bonds is 21. The summed E-state index contributed by atoms with van der Waals surface area (Å²) in [5.74, 6) is 0. The third-order valence-corrected chi connectivity index (χ3v) is 43.8. The van der Waals surface area contributed by atoms with Crippen LogP contribution in [0.3, 0.4) is 0 Å². The van der Waals surface area contributed by atoms with Gasteiger partial charge in [-0.2, -0.15) is 0 Å². The first kappa shape index (κ1) is 80.8. The van der Waals surface area contributed by atoms with E-state index in [-0.39, 0.29) is 0 Å². The van der Waals surface area contributed by atoms with Gasteiger partial charge in [0.05, 0.1) is 50.2 Å². The van der Waals surface area contributed by atoms with Crippen LogP contribution in [0.25, 0.3) is 82.5 Å². The quantitative estimate of drug-likeness (QED) is 0.0662. The summed E-state index contributed by atoms with van der Waals surface area (Å²) in [6, 6.07) is 160. The van der Waals surface area contributed by atoms with Gasteiger partial charge in [0.1, 0.15) is 0 Å². The highest BCUT2D eigenvalue weighted by Gasteiger charge is 2.39. The highest BCUT2D eigenvalue weighted by Crippen LogP contribution is 2.52. The normalized spacial score (nSPS) is 12.4. The van der Waals surface area contributed by atoms with E-state index >= 15 is 27.4 Å². The Kier molecular flexibility index (Phi) is 20.5. The van der Waals surface area contributed by atoms with E-state index in [4.69, 9.17) is 0 Å². The Labute approximate surface area is 747 Å². The summed E-state index contributed by atoms with van der Waals surface area (Å²) in [6.45, 7) is 0. The third-order valence-electron chi connectivity index (χ3n) is 25.5. The molecule has 0 saturated carbocycles. The van der Waals surface area contributed by atoms with Gasteiger partial charge in [0, 0.05) is 128 Å². The van der Waals surface area contributed by atoms with Gasteiger partial charge in [0.25, 0.3) is 0 Å². The molecule has 3 aromatic heterocycles. The first-order chi connectivity index (χ1) is 63.2. The highest BCUT2D eigenvalue weighted by atomic mass is 31.2. The molecule has 0 spiro atoms. The Morgan fingerprint density at radius 1 is 0.116 bits per heavy atom. The Balaban J connectivity index is 0.884. The van der Waals surface area contributed by atoms with Gasteiger partial charge in [-0.25, -0.2) is 0 Å². The fourth-order valence-electron chi connectivity index (χ4n) is 19.3. The van der Waals surface area contributed by atoms with E-state index in [9.17, 15) is 0 Å². The average Bonchev–Trinajstić information content (AvgIpc) is 1.56. The van der Waals surface area contributed by atoms with E-state index in [0.29, 0.717) is 113 Å². The predicted octanol–water partition coefficient (Wildman–Crippen LogP) is 20.8. The lowest BCUT2D eigenvalue weighted by Crippen LogP contribution is -2.25. The minimum Gasteiger partial charge on any atom is -0.309 e. The number of hydrogen-bond donors (Lipinski definition) is 0. The summed E-state index contributed by atoms with van der Waals surface area (Å²) in [7, 11) is -22.1. The minimum absolute atomic E-state index is 0.606. The van der Waals surface area contributed by atoms with Gasteiger partial charge in [-0.15, -0.1) is 0 Å². The standard InChI is InChI=1S/C114H81N3O6P6/c118-124(85-37-13-1-14-38-85,86-39-15-2-16-40-86)97-61-67-109-103(76-97)104-77-98(125(119,87-41-17-3-18-42-87)88-43-19-4-20-44-88)62-68-110(104)115(109)82-73-83(116-111-69-63-99(126(120,89-45-21-5-22-46-89)90-47-23-6-24-48-90)78-105(111)106-79-100(64-70-112(106)116)127(121,91-49-25-7-26-50-91)92-51-27-8-28-52-92)75-84(74-82)117-113-71-65-101(128(122,93-53-29-9-30-54-93)94-55-31-10-32-56-94)80-107(113)108-81-102(66-72-114(108)117)129(123,95-57-33-11-34-58-95)96-59-35-12-36-60-96/h1-81H. The molecule has 0 fully saturated rings. The maximum atomic E-state index is 17.0. The van der Waals surface area contributed by atoms with Crippen molar-refractivity contribution in [3.8, 4) is 17.1 Å². The summed E-state index contributed by atoms with van der Waals surface area (Å²) in [5.41, 5.74) is 6.64. The molecule has 9 nitrogen and oxygen atoms in total. The van der Waals surface area contributed by atoms with Crippen LogP contribution in [-0.4, -0.2) is 13.7 Å². The zero-order valence-corrected chi connectivity index (χ0v) is 75.1. The van der Waals surface area contributed by atoms with Crippen LogP contribution in [0.5, 0.6) is 0 Å². The maximum absolute atomic E-state index is 17.0. The van der Waals surface area contributed by atoms with Gasteiger partial charge in [0.15, 0.2) is 42.9 Å². The van der Waals surface area contributed by atoms with Gasteiger partial charge in [-0.1, -0.05) is 364 Å². The molecule has 22 rings (SSSR count). The van der Waals surface area contributed by atoms with Crippen LogP contribution in [0.1, 0.15) is 0 Å². The summed E-state index contributed by atoms with van der Waals surface area (Å²) in [6.07, 6.45) is 0. The molecule has 0 saturated heterocycles. The van der Waals surface area contributed by atoms with Crippen molar-refractivity contribution in [3.05, 3.63) is 491 Å². The molecule has 129 heavy (non-hydrogen) atoms. The second-order valence-corrected chi connectivity index (χ2v) is 49.2. The first-order valence-electron chi connectivity index (χ1n) is 43.0. The average molecular weight is 1770 g/mol. The van der Waals surface area contributed by atoms with E-state index < -0.39 is 42.9 Å². The SMILES string of the molecule is O=P(c1ccccc1)(c1ccccc1)c1ccc2c(c1)c1cc(P(=O)(c3ccccc3)c3ccccc3)ccc1n2-c1cc(-n2c3ccc(P(=O)(c4ccccc4)c4ccccc4)cc3c3cc(P(=O)(c4ccccc4)c4ccccc4)ccc32)cc(-n2c3ccc(P(=O)(c4ccccc4)c4ccccc4)cc3c3cc(P(=O)(c4ccccc4)c4ccccc4)ccc32)c1. The zero-order valence-electron chi connectivity index (χ0n) is 69.7. The molecule has 0 amide bonds. The van der Waals surface area contributed by atoms with E-state index in [1.165, 1.54) is 0 Å². The fourth-order valence-corrected chi connectivity index (χ4v) is 35.4. The molecule has 3 heterocycles. The molecule has 0 bridgehead atoms. The smallest absolute Gasteiger partial charge is 0.171 e. The highest BCUT2D eigenvalue weighted by molar-refractivity contribution is 7.87. The topological polar surface area (TPSA) is 117 Å². The molecule has 22 aromatic rings. The van der Waals surface area contributed by atoms with Crippen LogP contribution in [0.2, 0.25) is 0 Å². The van der Waals surface area contributed by atoms with E-state index in [2.05, 4.69) is 105 Å². The predicted molar refractivity (Wildman–Crippen MR) is 546 cm³/mol. The van der Waals surface area contributed by atoms with Crippen molar-refractivity contribution < 1.29 is 27.4 Å². The number of aromatic nitrogens is 3. The van der Waals surface area contributed by atoms with Crippen molar-refractivity contribution in [1.82, 2.24) is 13.7 Å². The van der Waals surface area contributed by atoms with Crippen molar-refractivity contribution >= 4 is 204 Å². The Morgan fingerprint density at radius 2 is 0.225 bits per heavy atom. The van der Waals surface area contributed by atoms with Crippen molar-refractivity contribution in [1.29, 1.82) is 0 Å². The molecule has 0 radical (unpaired) electrons. The van der Waals surface area contributed by atoms with Crippen molar-refractivity contribution in [2.75, 3.05) is 0 Å². The summed E-state index contributed by atoms with van der Waals surface area (Å²) < 4.78 is 109. The van der Waals surface area contributed by atoms with Gasteiger partial charge in [-0.05, 0) is 127 Å². The van der Waals surface area contributed by atoms with Crippen molar-refractivity contribution in [3.63, 3.8) is 0 Å². The lowest BCUT2D eigenvalue weighted by atomic mass is 10.1. The van der Waals surface area contributed by atoms with Crippen molar-refractivity contribution in [2.24, 2.45) is 0 Å². The van der Waals surface area contributed by atoms with E-state index in [1.54, 1.807) is 0 Å². The van der Waals surface area contributed by atoms with Crippen LogP contribution in [0.4, 0.5) is 0 Å².